The lowest BCUT2D eigenvalue weighted by molar-refractivity contribution is 0.0944. The molecule has 0 aliphatic heterocycles. The fourth-order valence-corrected chi connectivity index (χ4v) is 2.79. The van der Waals surface area contributed by atoms with E-state index in [4.69, 9.17) is 0 Å². The summed E-state index contributed by atoms with van der Waals surface area (Å²) in [7, 11) is 0. The van der Waals surface area contributed by atoms with Crippen molar-refractivity contribution in [3.63, 3.8) is 0 Å². The Hall–Kier alpha value is -3.28. The van der Waals surface area contributed by atoms with Gasteiger partial charge in [0.2, 0.25) is 0 Å². The van der Waals surface area contributed by atoms with E-state index in [9.17, 15) is 4.79 Å². The van der Waals surface area contributed by atoms with Crippen LogP contribution in [-0.2, 0) is 6.54 Å². The molecule has 0 fully saturated rings. The molecular formula is C20H21N5O. The van der Waals surface area contributed by atoms with Crippen molar-refractivity contribution in [2.24, 2.45) is 0 Å². The number of rotatable bonds is 5. The van der Waals surface area contributed by atoms with Gasteiger partial charge < -0.3 is 10.6 Å². The van der Waals surface area contributed by atoms with Gasteiger partial charge in [-0.05, 0) is 56.2 Å². The number of aromatic nitrogens is 3. The van der Waals surface area contributed by atoms with E-state index in [1.54, 1.807) is 18.3 Å². The van der Waals surface area contributed by atoms with Crippen molar-refractivity contribution in [3.8, 4) is 0 Å². The Bertz CT molecular complexity index is 884. The number of hydrogen-bond donors (Lipinski definition) is 2. The number of carbonyl (C=O) groups is 1. The molecule has 2 heterocycles. The highest BCUT2D eigenvalue weighted by Crippen LogP contribution is 2.24. The summed E-state index contributed by atoms with van der Waals surface area (Å²) in [4.78, 5) is 16.3. The Labute approximate surface area is 152 Å². The number of aryl methyl sites for hydroxylation is 3. The van der Waals surface area contributed by atoms with Crippen LogP contribution in [0.2, 0.25) is 0 Å². The van der Waals surface area contributed by atoms with E-state index >= 15 is 0 Å². The summed E-state index contributed by atoms with van der Waals surface area (Å²) in [6.45, 7) is 6.52. The molecule has 1 amide bonds. The third-order valence-electron chi connectivity index (χ3n) is 3.98. The number of carbonyl (C=O) groups excluding carboxylic acids is 1. The standard InChI is InChI=1S/C20H21N5O/c1-13-10-14(2)19(15(3)11-13)23-18-8-7-17(24-25-18)20(26)22-12-16-6-4-5-9-21-16/h4-11H,12H2,1-3H3,(H,22,26)(H,23,25). The Kier molecular flexibility index (Phi) is 5.22. The zero-order valence-electron chi connectivity index (χ0n) is 15.1. The van der Waals surface area contributed by atoms with Crippen molar-refractivity contribution in [3.05, 3.63) is 76.7 Å². The van der Waals surface area contributed by atoms with Crippen LogP contribution in [0.5, 0.6) is 0 Å². The van der Waals surface area contributed by atoms with Crippen LogP contribution in [0.4, 0.5) is 11.5 Å². The molecule has 0 atom stereocenters. The van der Waals surface area contributed by atoms with Gasteiger partial charge in [0, 0.05) is 11.9 Å². The van der Waals surface area contributed by atoms with Gasteiger partial charge in [-0.1, -0.05) is 23.8 Å². The average Bonchev–Trinajstić information content (AvgIpc) is 2.64. The van der Waals surface area contributed by atoms with E-state index in [-0.39, 0.29) is 11.6 Å². The molecule has 2 aromatic heterocycles. The lowest BCUT2D eigenvalue weighted by Gasteiger charge is -2.13. The zero-order valence-corrected chi connectivity index (χ0v) is 15.1. The van der Waals surface area contributed by atoms with Gasteiger partial charge in [-0.25, -0.2) is 0 Å². The number of anilines is 2. The van der Waals surface area contributed by atoms with Crippen molar-refractivity contribution in [2.45, 2.75) is 27.3 Å². The molecule has 26 heavy (non-hydrogen) atoms. The molecule has 6 heteroatoms. The van der Waals surface area contributed by atoms with E-state index in [0.717, 1.165) is 22.5 Å². The predicted octanol–water partition coefficient (Wildman–Crippen LogP) is 3.47. The molecule has 0 radical (unpaired) electrons. The first-order valence-corrected chi connectivity index (χ1v) is 8.39. The van der Waals surface area contributed by atoms with E-state index in [0.29, 0.717) is 12.4 Å². The number of hydrogen-bond acceptors (Lipinski definition) is 5. The Morgan fingerprint density at radius 1 is 1.00 bits per heavy atom. The summed E-state index contributed by atoms with van der Waals surface area (Å²) in [6, 6.07) is 13.2. The van der Waals surface area contributed by atoms with E-state index in [2.05, 4.69) is 58.7 Å². The molecule has 0 aliphatic carbocycles. The smallest absolute Gasteiger partial charge is 0.272 e. The van der Waals surface area contributed by atoms with Gasteiger partial charge in [0.1, 0.15) is 0 Å². The number of nitrogens with one attached hydrogen (secondary N) is 2. The lowest BCUT2D eigenvalue weighted by Crippen LogP contribution is -2.24. The van der Waals surface area contributed by atoms with Crippen LogP contribution in [0.3, 0.4) is 0 Å². The van der Waals surface area contributed by atoms with Crippen LogP contribution in [0.25, 0.3) is 0 Å². The molecule has 0 unspecified atom stereocenters. The molecule has 6 nitrogen and oxygen atoms in total. The maximum Gasteiger partial charge on any atom is 0.272 e. The van der Waals surface area contributed by atoms with Gasteiger partial charge in [-0.2, -0.15) is 0 Å². The largest absolute Gasteiger partial charge is 0.345 e. The van der Waals surface area contributed by atoms with Crippen molar-refractivity contribution in [1.29, 1.82) is 0 Å². The van der Waals surface area contributed by atoms with Crippen LogP contribution in [0, 0.1) is 20.8 Å². The highest BCUT2D eigenvalue weighted by Gasteiger charge is 2.10. The first kappa shape index (κ1) is 17.5. The van der Waals surface area contributed by atoms with Gasteiger partial charge in [-0.15, -0.1) is 10.2 Å². The Balaban J connectivity index is 1.66. The maximum atomic E-state index is 12.2. The van der Waals surface area contributed by atoms with Gasteiger partial charge >= 0.3 is 0 Å². The molecule has 2 N–H and O–H groups in total. The minimum absolute atomic E-state index is 0.267. The van der Waals surface area contributed by atoms with E-state index in [1.807, 2.05) is 18.2 Å². The summed E-state index contributed by atoms with van der Waals surface area (Å²) in [5.74, 6) is 0.318. The number of benzene rings is 1. The SMILES string of the molecule is Cc1cc(C)c(Nc2ccc(C(=O)NCc3ccccn3)nn2)c(C)c1. The lowest BCUT2D eigenvalue weighted by atomic mass is 10.1. The third kappa shape index (κ3) is 4.22. The minimum Gasteiger partial charge on any atom is -0.345 e. The maximum absolute atomic E-state index is 12.2. The second-order valence-corrected chi connectivity index (χ2v) is 6.21. The van der Waals surface area contributed by atoms with E-state index in [1.165, 1.54) is 5.56 Å². The molecule has 3 aromatic rings. The quantitative estimate of drug-likeness (QED) is 0.739. The molecule has 0 spiro atoms. The van der Waals surface area contributed by atoms with Gasteiger partial charge in [0.15, 0.2) is 11.5 Å². The summed E-state index contributed by atoms with van der Waals surface area (Å²) >= 11 is 0. The molecule has 0 saturated heterocycles. The first-order chi connectivity index (χ1) is 12.5. The molecule has 0 saturated carbocycles. The zero-order chi connectivity index (χ0) is 18.5. The average molecular weight is 347 g/mol. The van der Waals surface area contributed by atoms with E-state index < -0.39 is 0 Å². The highest BCUT2D eigenvalue weighted by atomic mass is 16.1. The minimum atomic E-state index is -0.280. The number of nitrogens with zero attached hydrogens (tertiary/aromatic N) is 3. The van der Waals surface area contributed by atoms with Crippen molar-refractivity contribution in [1.82, 2.24) is 20.5 Å². The van der Waals surface area contributed by atoms with Gasteiger partial charge in [0.25, 0.3) is 5.91 Å². The van der Waals surface area contributed by atoms with Crippen LogP contribution < -0.4 is 10.6 Å². The fraction of sp³-hybridized carbons (Fsp3) is 0.200. The third-order valence-corrected chi connectivity index (χ3v) is 3.98. The van der Waals surface area contributed by atoms with Crippen LogP contribution in [0.15, 0.2) is 48.7 Å². The molecule has 1 aromatic carbocycles. The molecule has 132 valence electrons. The number of amides is 1. The number of pyridine rings is 1. The summed E-state index contributed by atoms with van der Waals surface area (Å²) in [5, 5.41) is 14.2. The normalized spacial score (nSPS) is 10.4. The van der Waals surface area contributed by atoms with Gasteiger partial charge in [0.05, 0.1) is 12.2 Å². The molecular weight excluding hydrogens is 326 g/mol. The summed E-state index contributed by atoms with van der Waals surface area (Å²) in [5.41, 5.74) is 5.57. The first-order valence-electron chi connectivity index (χ1n) is 8.39. The Morgan fingerprint density at radius 3 is 2.38 bits per heavy atom. The predicted molar refractivity (Wildman–Crippen MR) is 101 cm³/mol. The van der Waals surface area contributed by atoms with Crippen LogP contribution in [0.1, 0.15) is 32.9 Å². The fourth-order valence-electron chi connectivity index (χ4n) is 2.79. The highest BCUT2D eigenvalue weighted by molar-refractivity contribution is 5.92. The monoisotopic (exact) mass is 347 g/mol. The molecule has 0 bridgehead atoms. The van der Waals surface area contributed by atoms with Crippen LogP contribution in [-0.4, -0.2) is 21.1 Å². The summed E-state index contributed by atoms with van der Waals surface area (Å²) in [6.07, 6.45) is 1.69. The topological polar surface area (TPSA) is 79.8 Å². The molecule has 3 rings (SSSR count). The Morgan fingerprint density at radius 2 is 1.77 bits per heavy atom. The van der Waals surface area contributed by atoms with Gasteiger partial charge in [-0.3, -0.25) is 9.78 Å². The summed E-state index contributed by atoms with van der Waals surface area (Å²) < 4.78 is 0. The second-order valence-electron chi connectivity index (χ2n) is 6.21. The second kappa shape index (κ2) is 7.74. The van der Waals surface area contributed by atoms with Crippen molar-refractivity contribution in [2.75, 3.05) is 5.32 Å². The molecule has 0 aliphatic rings. The van der Waals surface area contributed by atoms with Crippen molar-refractivity contribution >= 4 is 17.4 Å². The van der Waals surface area contributed by atoms with Crippen LogP contribution >= 0.6 is 0 Å². The van der Waals surface area contributed by atoms with Crippen molar-refractivity contribution < 1.29 is 4.79 Å².